The number of hydrogen-bond donors (Lipinski definition) is 0. The van der Waals surface area contributed by atoms with Crippen molar-refractivity contribution in [3.05, 3.63) is 113 Å². The van der Waals surface area contributed by atoms with Gasteiger partial charge in [-0.05, 0) is 64.7 Å². The first-order valence-corrected chi connectivity index (χ1v) is 17.3. The normalized spacial score (nSPS) is 19.5. The third-order valence-electron chi connectivity index (χ3n) is 12.0. The van der Waals surface area contributed by atoms with Gasteiger partial charge < -0.3 is 4.74 Å². The van der Waals surface area contributed by atoms with Crippen molar-refractivity contribution in [2.45, 2.75) is 96.1 Å². The second kappa shape index (κ2) is 10.5. The van der Waals surface area contributed by atoms with E-state index in [0.717, 1.165) is 42.6 Å². The lowest BCUT2D eigenvalue weighted by Crippen LogP contribution is -2.66. The fraction of sp³-hybridized carbons (Fsp3) is 0.381. The molecule has 8 rings (SSSR count). The highest BCUT2D eigenvalue weighted by atomic mass is 19.1. The van der Waals surface area contributed by atoms with Crippen LogP contribution in [0.25, 0.3) is 33.3 Å². The van der Waals surface area contributed by atoms with Crippen LogP contribution in [0.3, 0.4) is 0 Å². The van der Waals surface area contributed by atoms with Crippen molar-refractivity contribution in [3.63, 3.8) is 0 Å². The molecule has 0 saturated heterocycles. The molecule has 2 unspecified atom stereocenters. The Morgan fingerprint density at radius 3 is 2.52 bits per heavy atom. The van der Waals surface area contributed by atoms with E-state index in [4.69, 9.17) is 4.74 Å². The summed E-state index contributed by atoms with van der Waals surface area (Å²) in [5, 5.41) is 2.67. The van der Waals surface area contributed by atoms with Gasteiger partial charge in [0.05, 0.1) is 23.6 Å². The van der Waals surface area contributed by atoms with E-state index in [2.05, 4.69) is 117 Å². The lowest BCUT2D eigenvalue weighted by molar-refractivity contribution is -0.785. The number of ether oxygens (including phenoxy) is 1. The third-order valence-corrected chi connectivity index (χ3v) is 12.0. The number of rotatable bonds is 7. The van der Waals surface area contributed by atoms with Crippen molar-refractivity contribution in [2.24, 2.45) is 0 Å². The zero-order chi connectivity index (χ0) is 32.0. The molecular weight excluding hydrogens is 567 g/mol. The molecule has 234 valence electrons. The molecule has 2 aromatic heterocycles. The minimum absolute atomic E-state index is 0.0959. The molecule has 0 N–H and O–H groups in total. The first kappa shape index (κ1) is 29.4. The zero-order valence-corrected chi connectivity index (χ0v) is 28.1. The summed E-state index contributed by atoms with van der Waals surface area (Å²) < 4.78 is 27.2. The fourth-order valence-corrected chi connectivity index (χ4v) is 9.74. The number of aryl methyl sites for hydroxylation is 1. The Hall–Kier alpha value is -4.05. The molecule has 4 heteroatoms. The van der Waals surface area contributed by atoms with E-state index >= 15 is 4.39 Å². The van der Waals surface area contributed by atoms with Gasteiger partial charge in [-0.3, -0.25) is 0 Å². The van der Waals surface area contributed by atoms with Crippen molar-refractivity contribution in [1.29, 1.82) is 0 Å². The van der Waals surface area contributed by atoms with Gasteiger partial charge in [0, 0.05) is 48.4 Å². The molecule has 0 spiro atoms. The maximum atomic E-state index is 16.4. The van der Waals surface area contributed by atoms with Crippen LogP contribution >= 0.6 is 0 Å². The number of unbranched alkanes of at least 4 members (excludes halogenated alkanes) is 1. The van der Waals surface area contributed by atoms with E-state index in [0.29, 0.717) is 0 Å². The van der Waals surface area contributed by atoms with Gasteiger partial charge in [0.25, 0.3) is 0 Å². The summed E-state index contributed by atoms with van der Waals surface area (Å²) in [6, 6.07) is 24.2. The van der Waals surface area contributed by atoms with Crippen molar-refractivity contribution in [3.8, 4) is 28.3 Å². The first-order chi connectivity index (χ1) is 22.3. The summed E-state index contributed by atoms with van der Waals surface area (Å²) in [5.74, 6) is 0.914. The van der Waals surface area contributed by atoms with E-state index in [1.165, 1.54) is 62.8 Å². The zero-order valence-electron chi connectivity index (χ0n) is 28.1. The minimum Gasteiger partial charge on any atom is -0.497 e. The molecule has 0 radical (unpaired) electrons. The van der Waals surface area contributed by atoms with Gasteiger partial charge in [0.1, 0.15) is 17.5 Å². The molecular formula is C42H45FN2O+2. The average Bonchev–Trinajstić information content (AvgIpc) is 3.08. The number of halogens is 1. The Bertz CT molecular complexity index is 2040. The molecule has 0 amide bonds. The first-order valence-electron chi connectivity index (χ1n) is 17.3. The number of aromatic nitrogens is 2. The summed E-state index contributed by atoms with van der Waals surface area (Å²) >= 11 is 0. The highest BCUT2D eigenvalue weighted by Gasteiger charge is 2.60. The van der Waals surface area contributed by atoms with E-state index in [1.54, 1.807) is 13.2 Å². The van der Waals surface area contributed by atoms with Crippen LogP contribution in [-0.4, -0.2) is 7.11 Å². The maximum Gasteiger partial charge on any atom is 0.221 e. The number of nitrogens with zero attached hydrogens (tertiary/aromatic N) is 2. The average molecular weight is 613 g/mol. The van der Waals surface area contributed by atoms with Crippen molar-refractivity contribution in [1.82, 2.24) is 0 Å². The molecule has 2 atom stereocenters. The predicted octanol–water partition coefficient (Wildman–Crippen LogP) is 9.29. The molecule has 1 aliphatic carbocycles. The number of benzene rings is 3. The summed E-state index contributed by atoms with van der Waals surface area (Å²) in [6.45, 7) is 11.5. The van der Waals surface area contributed by atoms with Crippen LogP contribution in [0.1, 0.15) is 100 Å². The Labute approximate surface area is 272 Å². The second-order valence-electron chi connectivity index (χ2n) is 14.3. The molecule has 3 aromatic carbocycles. The van der Waals surface area contributed by atoms with Crippen LogP contribution in [0.2, 0.25) is 0 Å². The molecule has 4 heterocycles. The Morgan fingerprint density at radius 2 is 1.76 bits per heavy atom. The number of methoxy groups -OCH3 is 1. The summed E-state index contributed by atoms with van der Waals surface area (Å²) in [7, 11) is 1.74. The second-order valence-corrected chi connectivity index (χ2v) is 14.3. The molecule has 3 aliphatic rings. The summed E-state index contributed by atoms with van der Waals surface area (Å²) in [6.07, 6.45) is 10.9. The lowest BCUT2D eigenvalue weighted by atomic mass is 9.60. The van der Waals surface area contributed by atoms with Crippen LogP contribution in [0.15, 0.2) is 79.1 Å². The monoisotopic (exact) mass is 612 g/mol. The molecule has 0 fully saturated rings. The van der Waals surface area contributed by atoms with Gasteiger partial charge >= 0.3 is 0 Å². The molecule has 0 saturated carbocycles. The molecule has 46 heavy (non-hydrogen) atoms. The standard InChI is InChI=1S/C42H45FN2O/c1-7-10-13-26-16-19-32-36-29(26)21-23-45-40(36)37-30(18-20-33(43)39(37)41(32,4)5)38(42(45,8-2)9-3)35-24-27-15-17-28(46-6)25-31(27)34-14-11-12-22-44(34)35/h11-12,14-23,25,35,38H,7-10,13,24H2,1-6H3/q+2. The Morgan fingerprint density at radius 1 is 0.935 bits per heavy atom. The van der Waals surface area contributed by atoms with Gasteiger partial charge in [-0.25, -0.2) is 4.39 Å². The highest BCUT2D eigenvalue weighted by Crippen LogP contribution is 2.58. The number of hydrogen-bond acceptors (Lipinski definition) is 1. The maximum absolute atomic E-state index is 16.4. The Balaban J connectivity index is 1.46. The molecule has 2 aliphatic heterocycles. The van der Waals surface area contributed by atoms with Gasteiger partial charge in [0.2, 0.25) is 11.4 Å². The van der Waals surface area contributed by atoms with Gasteiger partial charge in [-0.15, -0.1) is 0 Å². The van der Waals surface area contributed by atoms with Crippen molar-refractivity contribution in [2.75, 3.05) is 7.11 Å². The smallest absolute Gasteiger partial charge is 0.221 e. The van der Waals surface area contributed by atoms with Gasteiger partial charge in [0.15, 0.2) is 24.0 Å². The molecule has 0 bridgehead atoms. The lowest BCUT2D eigenvalue weighted by Gasteiger charge is -2.46. The van der Waals surface area contributed by atoms with Gasteiger partial charge in [-0.2, -0.15) is 9.13 Å². The summed E-state index contributed by atoms with van der Waals surface area (Å²) in [4.78, 5) is 0. The molecule has 3 nitrogen and oxygen atoms in total. The third kappa shape index (κ3) is 3.76. The quantitative estimate of drug-likeness (QED) is 0.167. The van der Waals surface area contributed by atoms with Crippen molar-refractivity contribution < 1.29 is 18.3 Å². The Kier molecular flexibility index (Phi) is 6.69. The largest absolute Gasteiger partial charge is 0.497 e. The summed E-state index contributed by atoms with van der Waals surface area (Å²) in [5.41, 5.74) is 10.3. The SMILES string of the molecule is CCCCc1ccc2c3c4[n+](ccc13)C(CC)(CC)C(C1Cc3ccc(OC)cc3-c3cccc[n+]31)c1ccc(F)c(c1-4)C2(C)C. The van der Waals surface area contributed by atoms with E-state index in [9.17, 15) is 0 Å². The topological polar surface area (TPSA) is 17.0 Å². The van der Waals surface area contributed by atoms with Crippen LogP contribution in [-0.2, 0) is 23.8 Å². The van der Waals surface area contributed by atoms with Crippen LogP contribution < -0.4 is 13.9 Å². The van der Waals surface area contributed by atoms with Crippen LogP contribution in [0.4, 0.5) is 4.39 Å². The number of fused-ring (bicyclic) bond motifs is 3. The van der Waals surface area contributed by atoms with Crippen LogP contribution in [0, 0.1) is 5.82 Å². The highest BCUT2D eigenvalue weighted by molar-refractivity contribution is 6.02. The van der Waals surface area contributed by atoms with E-state index < -0.39 is 5.41 Å². The minimum atomic E-state index is -0.465. The molecule has 5 aromatic rings. The number of pyridine rings is 2. The fourth-order valence-electron chi connectivity index (χ4n) is 9.74. The van der Waals surface area contributed by atoms with E-state index in [1.807, 2.05) is 0 Å². The van der Waals surface area contributed by atoms with E-state index in [-0.39, 0.29) is 23.3 Å². The van der Waals surface area contributed by atoms with Crippen molar-refractivity contribution >= 4 is 10.8 Å². The van der Waals surface area contributed by atoms with Gasteiger partial charge in [-0.1, -0.05) is 65.3 Å². The van der Waals surface area contributed by atoms with Crippen LogP contribution in [0.5, 0.6) is 5.75 Å². The predicted molar refractivity (Wildman–Crippen MR) is 183 cm³/mol.